The van der Waals surface area contributed by atoms with Crippen LogP contribution in [0.25, 0.3) is 0 Å². The molecule has 0 rings (SSSR count). The molecule has 0 saturated carbocycles. The first kappa shape index (κ1) is 12.4. The van der Waals surface area contributed by atoms with Crippen LogP contribution in [0.5, 0.6) is 0 Å². The molecule has 12 heavy (non-hydrogen) atoms. The molecule has 5 heteroatoms. The fraction of sp³-hybridized carbons (Fsp3) is 1.00. The molecule has 1 atom stereocenters. The first-order valence-electron chi connectivity index (χ1n) is 3.65. The Kier molecular flexibility index (Phi) is 3.39. The third-order valence-electron chi connectivity index (χ3n) is 1.14. The summed E-state index contributed by atoms with van der Waals surface area (Å²) in [5.74, 6) is 0. The minimum absolute atomic E-state index is 1.01. The van der Waals surface area contributed by atoms with Gasteiger partial charge < -0.3 is 0 Å². The third kappa shape index (κ3) is 3.88. The van der Waals surface area contributed by atoms with Crippen LogP contribution in [0.3, 0.4) is 0 Å². The number of hydrogen-bond donors (Lipinski definition) is 0. The van der Waals surface area contributed by atoms with Crippen molar-refractivity contribution in [2.24, 2.45) is 0 Å². The van der Waals surface area contributed by atoms with Gasteiger partial charge in [-0.1, -0.05) is 11.6 Å². The maximum atomic E-state index is 13.3. The molecular formula is C7H15ClFO2P. The molecule has 2 nitrogen and oxygen atoms in total. The Bertz CT molecular complexity index is 204. The number of halogens is 2. The van der Waals surface area contributed by atoms with Crippen molar-refractivity contribution in [2.75, 3.05) is 0 Å². The van der Waals surface area contributed by atoms with Gasteiger partial charge in [0.25, 0.3) is 0 Å². The van der Waals surface area contributed by atoms with E-state index in [9.17, 15) is 8.76 Å². The fourth-order valence-electron chi connectivity index (χ4n) is 0.416. The van der Waals surface area contributed by atoms with Crippen LogP contribution in [0.15, 0.2) is 0 Å². The highest BCUT2D eigenvalue weighted by atomic mass is 35.5. The van der Waals surface area contributed by atoms with Gasteiger partial charge >= 0.3 is 7.68 Å². The van der Waals surface area contributed by atoms with Gasteiger partial charge in [-0.05, 0) is 34.6 Å². The maximum Gasteiger partial charge on any atom is 0.374 e. The molecule has 0 bridgehead atoms. The summed E-state index contributed by atoms with van der Waals surface area (Å²) in [5, 5.41) is -2.24. The summed E-state index contributed by atoms with van der Waals surface area (Å²) in [4.78, 5) is 0. The van der Waals surface area contributed by atoms with Gasteiger partial charge in [0, 0.05) is 0 Å². The second kappa shape index (κ2) is 3.28. The van der Waals surface area contributed by atoms with Crippen molar-refractivity contribution < 1.29 is 13.3 Å². The molecule has 0 fully saturated rings. The highest BCUT2D eigenvalue weighted by Crippen LogP contribution is 2.62. The van der Waals surface area contributed by atoms with E-state index in [-0.39, 0.29) is 0 Å². The Morgan fingerprint density at radius 3 is 1.67 bits per heavy atom. The molecule has 74 valence electrons. The SMILES string of the molecule is CC(C)(Cl)OP(=O)(F)C(C)(C)C. The average Bonchev–Trinajstić information content (AvgIpc) is 1.52. The second-order valence-electron chi connectivity index (χ2n) is 4.11. The van der Waals surface area contributed by atoms with Crippen molar-refractivity contribution in [3.8, 4) is 0 Å². The summed E-state index contributed by atoms with van der Waals surface area (Å²) in [6.07, 6.45) is 0. The van der Waals surface area contributed by atoms with Crippen LogP contribution >= 0.6 is 19.3 Å². The zero-order chi connectivity index (χ0) is 10.2. The zero-order valence-corrected chi connectivity index (χ0v) is 9.67. The molecule has 1 unspecified atom stereocenters. The topological polar surface area (TPSA) is 26.3 Å². The lowest BCUT2D eigenvalue weighted by atomic mass is 10.3. The highest BCUT2D eigenvalue weighted by Gasteiger charge is 2.42. The summed E-state index contributed by atoms with van der Waals surface area (Å²) in [5.41, 5.74) is 0. The third-order valence-corrected chi connectivity index (χ3v) is 3.61. The van der Waals surface area contributed by atoms with Gasteiger partial charge in [0.05, 0.1) is 5.16 Å². The Hall–Kier alpha value is 0.410. The molecule has 0 aliphatic heterocycles. The van der Waals surface area contributed by atoms with Crippen molar-refractivity contribution in [3.05, 3.63) is 0 Å². The molecule has 0 aromatic rings. The van der Waals surface area contributed by atoms with Crippen LogP contribution in [0.4, 0.5) is 4.20 Å². The van der Waals surface area contributed by atoms with Gasteiger partial charge in [-0.25, -0.2) is 0 Å². The van der Waals surface area contributed by atoms with Crippen molar-refractivity contribution in [3.63, 3.8) is 0 Å². The quantitative estimate of drug-likeness (QED) is 0.516. The van der Waals surface area contributed by atoms with Crippen LogP contribution in [0, 0.1) is 0 Å². The molecule has 0 spiro atoms. The summed E-state index contributed by atoms with van der Waals surface area (Å²) in [7, 11) is -4.13. The van der Waals surface area contributed by atoms with E-state index in [4.69, 9.17) is 11.6 Å². The van der Waals surface area contributed by atoms with Gasteiger partial charge in [-0.15, -0.1) is 0 Å². The van der Waals surface area contributed by atoms with E-state index in [0.717, 1.165) is 0 Å². The van der Waals surface area contributed by atoms with Crippen LogP contribution in [-0.2, 0) is 9.09 Å². The van der Waals surface area contributed by atoms with Crippen LogP contribution in [-0.4, -0.2) is 10.2 Å². The van der Waals surface area contributed by atoms with Crippen LogP contribution < -0.4 is 0 Å². The smallest absolute Gasteiger partial charge is 0.283 e. The van der Waals surface area contributed by atoms with Crippen molar-refractivity contribution in [1.82, 2.24) is 0 Å². The summed E-state index contributed by atoms with van der Waals surface area (Å²) >= 11 is 5.59. The zero-order valence-electron chi connectivity index (χ0n) is 8.02. The molecule has 0 amide bonds. The van der Waals surface area contributed by atoms with Gasteiger partial charge in [0.15, 0.2) is 0 Å². The van der Waals surface area contributed by atoms with Crippen molar-refractivity contribution >= 4 is 19.3 Å². The van der Waals surface area contributed by atoms with E-state index in [1.54, 1.807) is 0 Å². The Morgan fingerprint density at radius 2 is 1.58 bits per heavy atom. The standard InChI is InChI=1S/C7H15ClFO2P/c1-6(2,3)12(9,10)11-7(4,5)8/h1-5H3. The maximum absolute atomic E-state index is 13.3. The summed E-state index contributed by atoms with van der Waals surface area (Å²) in [6, 6.07) is 0. The van der Waals surface area contributed by atoms with E-state index in [2.05, 4.69) is 4.52 Å². The average molecular weight is 217 g/mol. The van der Waals surface area contributed by atoms with Gasteiger partial charge in [0.1, 0.15) is 5.06 Å². The van der Waals surface area contributed by atoms with Crippen molar-refractivity contribution in [2.45, 2.75) is 44.8 Å². The molecule has 0 aromatic heterocycles. The lowest BCUT2D eigenvalue weighted by Crippen LogP contribution is -2.21. The first-order chi connectivity index (χ1) is 4.96. The molecular weight excluding hydrogens is 201 g/mol. The fourth-order valence-corrected chi connectivity index (χ4v) is 1.51. The Morgan fingerprint density at radius 1 is 1.25 bits per heavy atom. The highest BCUT2D eigenvalue weighted by molar-refractivity contribution is 7.55. The van der Waals surface area contributed by atoms with Gasteiger partial charge in [0.2, 0.25) is 0 Å². The Labute approximate surface area is 78.0 Å². The number of alkyl halides is 1. The second-order valence-corrected chi connectivity index (χ2v) is 7.50. The van der Waals surface area contributed by atoms with E-state index in [0.29, 0.717) is 0 Å². The molecule has 0 radical (unpaired) electrons. The molecule has 0 saturated heterocycles. The summed E-state index contributed by atoms with van der Waals surface area (Å²) in [6.45, 7) is 7.43. The predicted octanol–water partition coefficient (Wildman–Crippen LogP) is 3.94. The van der Waals surface area contributed by atoms with Crippen LogP contribution in [0.1, 0.15) is 34.6 Å². The number of hydrogen-bond acceptors (Lipinski definition) is 2. The van der Waals surface area contributed by atoms with Gasteiger partial charge in [-0.2, -0.15) is 4.20 Å². The van der Waals surface area contributed by atoms with Crippen LogP contribution in [0.2, 0.25) is 0 Å². The van der Waals surface area contributed by atoms with Gasteiger partial charge in [-0.3, -0.25) is 9.09 Å². The van der Waals surface area contributed by atoms with E-state index >= 15 is 0 Å². The lowest BCUT2D eigenvalue weighted by Gasteiger charge is -2.28. The monoisotopic (exact) mass is 216 g/mol. The molecule has 0 aliphatic carbocycles. The molecule has 0 N–H and O–H groups in total. The largest absolute Gasteiger partial charge is 0.374 e. The first-order valence-corrected chi connectivity index (χ1v) is 5.54. The van der Waals surface area contributed by atoms with E-state index in [1.807, 2.05) is 0 Å². The summed E-state index contributed by atoms with van der Waals surface area (Å²) < 4.78 is 29.3. The normalized spacial score (nSPS) is 18.9. The minimum Gasteiger partial charge on any atom is -0.283 e. The predicted molar refractivity (Wildman–Crippen MR) is 49.5 cm³/mol. The minimum atomic E-state index is -4.13. The van der Waals surface area contributed by atoms with Crippen molar-refractivity contribution in [1.29, 1.82) is 0 Å². The molecule has 0 aromatic carbocycles. The lowest BCUT2D eigenvalue weighted by molar-refractivity contribution is 0.175. The van der Waals surface area contributed by atoms with E-state index < -0.39 is 17.9 Å². The Balaban J connectivity index is 4.57. The molecule has 0 aliphatic rings. The molecule has 0 heterocycles. The number of rotatable bonds is 2. The van der Waals surface area contributed by atoms with E-state index in [1.165, 1.54) is 34.6 Å².